The van der Waals surface area contributed by atoms with E-state index in [0.717, 1.165) is 47.2 Å². The second-order valence-corrected chi connectivity index (χ2v) is 6.97. The summed E-state index contributed by atoms with van der Waals surface area (Å²) in [5.41, 5.74) is 2.09. The highest BCUT2D eigenvalue weighted by molar-refractivity contribution is 5.92. The van der Waals surface area contributed by atoms with Crippen LogP contribution < -0.4 is 5.32 Å². The Kier molecular flexibility index (Phi) is 4.92. The van der Waals surface area contributed by atoms with Gasteiger partial charge in [-0.05, 0) is 57.4 Å². The summed E-state index contributed by atoms with van der Waals surface area (Å²) in [6.07, 6.45) is 0.995. The van der Waals surface area contributed by atoms with Gasteiger partial charge in [-0.15, -0.1) is 0 Å². The Balaban J connectivity index is 1.76. The summed E-state index contributed by atoms with van der Waals surface area (Å²) in [6, 6.07) is 17.4. The van der Waals surface area contributed by atoms with Crippen LogP contribution in [0.25, 0.3) is 33.5 Å². The molecular weight excluding hydrogens is 350 g/mol. The highest BCUT2D eigenvalue weighted by atomic mass is 16.3. The summed E-state index contributed by atoms with van der Waals surface area (Å²) in [7, 11) is 4.12. The molecule has 0 amide bonds. The van der Waals surface area contributed by atoms with Crippen molar-refractivity contribution in [2.45, 2.75) is 6.42 Å². The first-order valence-corrected chi connectivity index (χ1v) is 9.23. The van der Waals surface area contributed by atoms with E-state index >= 15 is 0 Å². The molecule has 0 radical (unpaired) electrons. The zero-order chi connectivity index (χ0) is 19.5. The molecule has 0 aliphatic rings. The van der Waals surface area contributed by atoms with Gasteiger partial charge in [0.2, 0.25) is 0 Å². The summed E-state index contributed by atoms with van der Waals surface area (Å²) < 4.78 is 5.95. The topological polar surface area (TPSA) is 78.0 Å². The van der Waals surface area contributed by atoms with E-state index in [9.17, 15) is 5.26 Å². The van der Waals surface area contributed by atoms with E-state index in [1.807, 2.05) is 36.4 Å². The average Bonchev–Trinajstić information content (AvgIpc) is 3.14. The van der Waals surface area contributed by atoms with Crippen LogP contribution in [-0.4, -0.2) is 42.1 Å². The first kappa shape index (κ1) is 18.0. The van der Waals surface area contributed by atoms with Gasteiger partial charge in [-0.3, -0.25) is 0 Å². The fraction of sp³-hybridized carbons (Fsp3) is 0.227. The largest absolute Gasteiger partial charge is 0.453 e. The van der Waals surface area contributed by atoms with Crippen molar-refractivity contribution >= 4 is 27.7 Å². The number of fused-ring (bicyclic) bond motifs is 2. The fourth-order valence-electron chi connectivity index (χ4n) is 3.14. The van der Waals surface area contributed by atoms with E-state index in [4.69, 9.17) is 9.40 Å². The third kappa shape index (κ3) is 3.66. The van der Waals surface area contributed by atoms with Gasteiger partial charge in [-0.1, -0.05) is 18.2 Å². The predicted molar refractivity (Wildman–Crippen MR) is 111 cm³/mol. The van der Waals surface area contributed by atoms with E-state index in [1.54, 1.807) is 12.1 Å². The molecule has 0 aliphatic heterocycles. The number of furan rings is 1. The van der Waals surface area contributed by atoms with Gasteiger partial charge in [0.25, 0.3) is 0 Å². The molecular formula is C22H21N5O. The van der Waals surface area contributed by atoms with E-state index in [2.05, 4.69) is 35.4 Å². The standard InChI is InChI=1S/C22H21N5O/c1-27(2)11-5-10-24-21-17-9-8-15(14-23)12-18(17)25-22(26-21)20-13-16-6-3-4-7-19(16)28-20/h3-4,6-9,12-13H,5,10-11H2,1-2H3,(H,24,25,26). The zero-order valence-corrected chi connectivity index (χ0v) is 15.9. The maximum atomic E-state index is 9.24. The van der Waals surface area contributed by atoms with E-state index < -0.39 is 0 Å². The highest BCUT2D eigenvalue weighted by Crippen LogP contribution is 2.29. The van der Waals surface area contributed by atoms with Crippen LogP contribution in [0, 0.1) is 11.3 Å². The Morgan fingerprint density at radius 1 is 1.11 bits per heavy atom. The quantitative estimate of drug-likeness (QED) is 0.510. The number of nitrogens with one attached hydrogen (secondary N) is 1. The number of nitrogens with zero attached hydrogens (tertiary/aromatic N) is 4. The molecule has 2 heterocycles. The summed E-state index contributed by atoms with van der Waals surface area (Å²) in [5, 5.41) is 14.6. The third-order valence-electron chi connectivity index (χ3n) is 4.55. The minimum absolute atomic E-state index is 0.508. The van der Waals surface area contributed by atoms with Gasteiger partial charge < -0.3 is 14.6 Å². The van der Waals surface area contributed by atoms with Gasteiger partial charge in [-0.25, -0.2) is 9.97 Å². The Labute approximate surface area is 163 Å². The number of rotatable bonds is 6. The lowest BCUT2D eigenvalue weighted by Crippen LogP contribution is -2.16. The molecule has 28 heavy (non-hydrogen) atoms. The van der Waals surface area contributed by atoms with Gasteiger partial charge in [0.1, 0.15) is 11.4 Å². The molecule has 0 saturated carbocycles. The molecule has 0 bridgehead atoms. The average molecular weight is 371 g/mol. The van der Waals surface area contributed by atoms with Crippen LogP contribution in [0.4, 0.5) is 5.82 Å². The molecule has 0 spiro atoms. The Hall–Kier alpha value is -3.43. The molecule has 4 aromatic rings. The van der Waals surface area contributed by atoms with Gasteiger partial charge >= 0.3 is 0 Å². The van der Waals surface area contributed by atoms with E-state index in [-0.39, 0.29) is 0 Å². The van der Waals surface area contributed by atoms with Gasteiger partial charge in [0, 0.05) is 17.3 Å². The second kappa shape index (κ2) is 7.67. The van der Waals surface area contributed by atoms with Crippen molar-refractivity contribution < 1.29 is 4.42 Å². The summed E-state index contributed by atoms with van der Waals surface area (Å²) >= 11 is 0. The molecule has 2 aromatic heterocycles. The number of anilines is 1. The molecule has 0 aliphatic carbocycles. The molecule has 6 heteroatoms. The lowest BCUT2D eigenvalue weighted by molar-refractivity contribution is 0.405. The van der Waals surface area contributed by atoms with E-state index in [0.29, 0.717) is 17.1 Å². The lowest BCUT2D eigenvalue weighted by atomic mass is 10.1. The monoisotopic (exact) mass is 371 g/mol. The van der Waals surface area contributed by atoms with Crippen LogP contribution in [0.5, 0.6) is 0 Å². The van der Waals surface area contributed by atoms with Crippen LogP contribution >= 0.6 is 0 Å². The summed E-state index contributed by atoms with van der Waals surface area (Å²) in [4.78, 5) is 11.5. The molecule has 1 N–H and O–H groups in total. The SMILES string of the molecule is CN(C)CCCNc1nc(-c2cc3ccccc3o2)nc2cc(C#N)ccc12. The number of nitriles is 1. The van der Waals surface area contributed by atoms with Crippen molar-refractivity contribution in [2.75, 3.05) is 32.5 Å². The van der Waals surface area contributed by atoms with Crippen LogP contribution in [-0.2, 0) is 0 Å². The third-order valence-corrected chi connectivity index (χ3v) is 4.55. The lowest BCUT2D eigenvalue weighted by Gasteiger charge is -2.12. The minimum atomic E-state index is 0.508. The zero-order valence-electron chi connectivity index (χ0n) is 15.9. The fourth-order valence-corrected chi connectivity index (χ4v) is 3.14. The smallest absolute Gasteiger partial charge is 0.198 e. The Morgan fingerprint density at radius 3 is 2.75 bits per heavy atom. The van der Waals surface area contributed by atoms with Crippen LogP contribution in [0.15, 0.2) is 52.9 Å². The molecule has 6 nitrogen and oxygen atoms in total. The molecule has 0 unspecified atom stereocenters. The van der Waals surface area contributed by atoms with Crippen molar-refractivity contribution in [1.29, 1.82) is 5.26 Å². The molecule has 140 valence electrons. The number of aromatic nitrogens is 2. The van der Waals surface area contributed by atoms with Gasteiger partial charge in [0.05, 0.1) is 17.1 Å². The first-order valence-electron chi connectivity index (χ1n) is 9.23. The molecule has 0 atom stereocenters. The van der Waals surface area contributed by atoms with Crippen molar-refractivity contribution in [3.05, 3.63) is 54.1 Å². The molecule has 2 aromatic carbocycles. The minimum Gasteiger partial charge on any atom is -0.453 e. The van der Waals surface area contributed by atoms with Crippen LogP contribution in [0.1, 0.15) is 12.0 Å². The number of hydrogen-bond acceptors (Lipinski definition) is 6. The van der Waals surface area contributed by atoms with Gasteiger partial charge in [0.15, 0.2) is 11.6 Å². The number of benzene rings is 2. The van der Waals surface area contributed by atoms with E-state index in [1.165, 1.54) is 0 Å². The molecule has 0 fully saturated rings. The number of hydrogen-bond donors (Lipinski definition) is 1. The first-order chi connectivity index (χ1) is 13.6. The number of para-hydroxylation sites is 1. The maximum absolute atomic E-state index is 9.24. The van der Waals surface area contributed by atoms with Crippen LogP contribution in [0.3, 0.4) is 0 Å². The predicted octanol–water partition coefficient (Wildman–Crippen LogP) is 4.28. The van der Waals surface area contributed by atoms with Crippen molar-refractivity contribution in [3.8, 4) is 17.7 Å². The second-order valence-electron chi connectivity index (χ2n) is 6.97. The normalized spacial score (nSPS) is 11.2. The van der Waals surface area contributed by atoms with Crippen molar-refractivity contribution in [3.63, 3.8) is 0 Å². The Bertz CT molecular complexity index is 1140. The molecule has 4 rings (SSSR count). The van der Waals surface area contributed by atoms with Crippen LogP contribution in [0.2, 0.25) is 0 Å². The summed E-state index contributed by atoms with van der Waals surface area (Å²) in [5.74, 6) is 1.87. The molecule has 0 saturated heterocycles. The van der Waals surface area contributed by atoms with Gasteiger partial charge in [-0.2, -0.15) is 5.26 Å². The van der Waals surface area contributed by atoms with Crippen molar-refractivity contribution in [2.24, 2.45) is 0 Å². The Morgan fingerprint density at radius 2 is 1.96 bits per heavy atom. The maximum Gasteiger partial charge on any atom is 0.198 e. The summed E-state index contributed by atoms with van der Waals surface area (Å²) in [6.45, 7) is 1.79. The van der Waals surface area contributed by atoms with Crippen molar-refractivity contribution in [1.82, 2.24) is 14.9 Å². The highest BCUT2D eigenvalue weighted by Gasteiger charge is 2.14.